The number of fused-ring (bicyclic) bond motifs is 1. The van der Waals surface area contributed by atoms with Gasteiger partial charge in [0.2, 0.25) is 0 Å². The van der Waals surface area contributed by atoms with Crippen LogP contribution in [0.3, 0.4) is 0 Å². The number of phenolic OH excluding ortho intramolecular Hbond substituents is 1. The summed E-state index contributed by atoms with van der Waals surface area (Å²) in [6.45, 7) is 3.19. The number of aromatic hydroxyl groups is 1. The summed E-state index contributed by atoms with van der Waals surface area (Å²) in [4.78, 5) is 2.39. The van der Waals surface area contributed by atoms with Crippen molar-refractivity contribution >= 4 is 0 Å². The van der Waals surface area contributed by atoms with Gasteiger partial charge in [-0.05, 0) is 52.9 Å². The molecule has 0 bridgehead atoms. The summed E-state index contributed by atoms with van der Waals surface area (Å²) in [5.41, 5.74) is 4.85. The molecule has 1 aliphatic rings. The van der Waals surface area contributed by atoms with Gasteiger partial charge in [-0.15, -0.1) is 0 Å². The van der Waals surface area contributed by atoms with Crippen molar-refractivity contribution in [2.75, 3.05) is 13.7 Å². The molecule has 0 amide bonds. The van der Waals surface area contributed by atoms with E-state index >= 15 is 0 Å². The molecule has 1 aliphatic heterocycles. The smallest absolute Gasteiger partial charge is 0.161 e. The second kappa shape index (κ2) is 8.36. The van der Waals surface area contributed by atoms with E-state index in [4.69, 9.17) is 9.47 Å². The number of nitrogens with zero attached hydrogens (tertiary/aromatic N) is 1. The molecule has 4 nitrogen and oxygen atoms in total. The van der Waals surface area contributed by atoms with E-state index in [1.54, 1.807) is 13.2 Å². The summed E-state index contributed by atoms with van der Waals surface area (Å²) in [5, 5.41) is 9.68. The molecule has 3 aromatic rings. The highest BCUT2D eigenvalue weighted by Gasteiger charge is 2.20. The van der Waals surface area contributed by atoms with Crippen LogP contribution in [-0.4, -0.2) is 23.7 Å². The van der Waals surface area contributed by atoms with Gasteiger partial charge in [0.1, 0.15) is 12.4 Å². The van der Waals surface area contributed by atoms with Gasteiger partial charge in [-0.25, -0.2) is 0 Å². The fraction of sp³-hybridized carbons (Fsp3) is 0.250. The van der Waals surface area contributed by atoms with Crippen molar-refractivity contribution < 1.29 is 14.6 Å². The number of methoxy groups -OCH3 is 1. The number of phenols is 1. The van der Waals surface area contributed by atoms with Crippen LogP contribution in [0.25, 0.3) is 0 Å². The van der Waals surface area contributed by atoms with E-state index in [9.17, 15) is 5.11 Å². The first-order chi connectivity index (χ1) is 13.7. The molecular formula is C24H25NO3. The van der Waals surface area contributed by atoms with Crippen LogP contribution < -0.4 is 9.47 Å². The molecule has 0 saturated carbocycles. The molecule has 4 rings (SSSR count). The molecule has 1 N–H and O–H groups in total. The second-order valence-electron chi connectivity index (χ2n) is 7.18. The Morgan fingerprint density at radius 1 is 0.893 bits per heavy atom. The molecule has 28 heavy (non-hydrogen) atoms. The van der Waals surface area contributed by atoms with Gasteiger partial charge in [0.15, 0.2) is 11.5 Å². The van der Waals surface area contributed by atoms with Gasteiger partial charge in [-0.2, -0.15) is 0 Å². The van der Waals surface area contributed by atoms with E-state index in [2.05, 4.69) is 35.2 Å². The zero-order valence-corrected chi connectivity index (χ0v) is 16.1. The summed E-state index contributed by atoms with van der Waals surface area (Å²) >= 11 is 0. The Hall–Kier alpha value is -2.98. The van der Waals surface area contributed by atoms with Crippen molar-refractivity contribution in [2.24, 2.45) is 0 Å². The lowest BCUT2D eigenvalue weighted by atomic mass is 9.98. The third-order valence-electron chi connectivity index (χ3n) is 5.13. The van der Waals surface area contributed by atoms with Gasteiger partial charge in [-0.3, -0.25) is 4.90 Å². The number of rotatable bonds is 6. The Morgan fingerprint density at radius 2 is 1.68 bits per heavy atom. The standard InChI is InChI=1S/C24H25NO3/c1-27-23-14-21-16-25(15-19-8-5-9-22(26)12-19)11-10-20(21)13-24(23)28-17-18-6-3-2-4-7-18/h2-9,12-14,26H,10-11,15-17H2,1H3. The lowest BCUT2D eigenvalue weighted by molar-refractivity contribution is 0.242. The van der Waals surface area contributed by atoms with Crippen LogP contribution in [0.15, 0.2) is 66.7 Å². The van der Waals surface area contributed by atoms with E-state index in [0.29, 0.717) is 12.4 Å². The maximum atomic E-state index is 9.68. The summed E-state index contributed by atoms with van der Waals surface area (Å²) < 4.78 is 11.6. The third kappa shape index (κ3) is 4.29. The molecule has 0 radical (unpaired) electrons. The van der Waals surface area contributed by atoms with Gasteiger partial charge < -0.3 is 14.6 Å². The van der Waals surface area contributed by atoms with Crippen LogP contribution in [0.2, 0.25) is 0 Å². The van der Waals surface area contributed by atoms with Crippen molar-refractivity contribution in [1.29, 1.82) is 0 Å². The Bertz CT molecular complexity index is 940. The molecule has 0 fully saturated rings. The average molecular weight is 375 g/mol. The van der Waals surface area contributed by atoms with E-state index in [1.165, 1.54) is 11.1 Å². The first kappa shape index (κ1) is 18.4. The normalized spacial score (nSPS) is 13.8. The van der Waals surface area contributed by atoms with Crippen molar-refractivity contribution in [1.82, 2.24) is 4.90 Å². The van der Waals surface area contributed by atoms with Gasteiger partial charge in [-0.1, -0.05) is 42.5 Å². The van der Waals surface area contributed by atoms with Crippen LogP contribution in [0.4, 0.5) is 0 Å². The lowest BCUT2D eigenvalue weighted by Crippen LogP contribution is -2.30. The fourth-order valence-corrected chi connectivity index (χ4v) is 3.68. The zero-order chi connectivity index (χ0) is 19.3. The average Bonchev–Trinajstić information content (AvgIpc) is 2.72. The van der Waals surface area contributed by atoms with Gasteiger partial charge in [0.05, 0.1) is 7.11 Å². The van der Waals surface area contributed by atoms with Gasteiger partial charge >= 0.3 is 0 Å². The molecule has 0 spiro atoms. The molecule has 0 aromatic heterocycles. The fourth-order valence-electron chi connectivity index (χ4n) is 3.68. The van der Waals surface area contributed by atoms with Crippen LogP contribution >= 0.6 is 0 Å². The number of hydrogen-bond acceptors (Lipinski definition) is 4. The van der Waals surface area contributed by atoms with E-state index in [1.807, 2.05) is 30.3 Å². The predicted octanol–water partition coefficient (Wildman–Crippen LogP) is 4.54. The van der Waals surface area contributed by atoms with Crippen molar-refractivity contribution in [2.45, 2.75) is 26.1 Å². The zero-order valence-electron chi connectivity index (χ0n) is 16.1. The molecule has 4 heteroatoms. The molecule has 3 aromatic carbocycles. The van der Waals surface area contributed by atoms with Gasteiger partial charge in [0, 0.05) is 19.6 Å². The summed E-state index contributed by atoms with van der Waals surface area (Å²) in [5.74, 6) is 1.89. The molecule has 0 atom stereocenters. The first-order valence-electron chi connectivity index (χ1n) is 9.58. The molecule has 0 saturated heterocycles. The third-order valence-corrected chi connectivity index (χ3v) is 5.13. The minimum absolute atomic E-state index is 0.316. The highest BCUT2D eigenvalue weighted by Crippen LogP contribution is 2.34. The van der Waals surface area contributed by atoms with Crippen molar-refractivity contribution in [3.63, 3.8) is 0 Å². The Balaban J connectivity index is 1.48. The number of ether oxygens (including phenoxy) is 2. The molecule has 0 aliphatic carbocycles. The monoisotopic (exact) mass is 375 g/mol. The minimum Gasteiger partial charge on any atom is -0.508 e. The Kier molecular flexibility index (Phi) is 5.49. The van der Waals surface area contributed by atoms with Crippen molar-refractivity contribution in [3.8, 4) is 17.2 Å². The molecule has 0 unspecified atom stereocenters. The Morgan fingerprint density at radius 3 is 2.46 bits per heavy atom. The number of hydrogen-bond donors (Lipinski definition) is 1. The topological polar surface area (TPSA) is 41.9 Å². The highest BCUT2D eigenvalue weighted by atomic mass is 16.5. The van der Waals surface area contributed by atoms with Crippen LogP contribution in [0.5, 0.6) is 17.2 Å². The van der Waals surface area contributed by atoms with Gasteiger partial charge in [0.25, 0.3) is 0 Å². The summed E-state index contributed by atoms with van der Waals surface area (Å²) in [7, 11) is 1.68. The SMILES string of the molecule is COc1cc2c(cc1OCc1ccccc1)CCN(Cc1cccc(O)c1)C2. The maximum absolute atomic E-state index is 9.68. The first-order valence-corrected chi connectivity index (χ1v) is 9.58. The second-order valence-corrected chi connectivity index (χ2v) is 7.18. The summed E-state index contributed by atoms with van der Waals surface area (Å²) in [6.07, 6.45) is 0.972. The molecule has 144 valence electrons. The van der Waals surface area contributed by atoms with Crippen molar-refractivity contribution in [3.05, 3.63) is 89.0 Å². The van der Waals surface area contributed by atoms with E-state index in [-0.39, 0.29) is 0 Å². The minimum atomic E-state index is 0.316. The van der Waals surface area contributed by atoms with Crippen LogP contribution in [-0.2, 0) is 26.1 Å². The highest BCUT2D eigenvalue weighted by molar-refractivity contribution is 5.48. The molecular weight excluding hydrogens is 350 g/mol. The quantitative estimate of drug-likeness (QED) is 0.687. The maximum Gasteiger partial charge on any atom is 0.161 e. The molecule has 1 heterocycles. The lowest BCUT2D eigenvalue weighted by Gasteiger charge is -2.29. The predicted molar refractivity (Wildman–Crippen MR) is 110 cm³/mol. The Labute approximate surface area is 166 Å². The van der Waals surface area contributed by atoms with E-state index < -0.39 is 0 Å². The van der Waals surface area contributed by atoms with Crippen LogP contribution in [0.1, 0.15) is 22.3 Å². The summed E-state index contributed by atoms with van der Waals surface area (Å²) in [6, 6.07) is 21.9. The number of benzene rings is 3. The van der Waals surface area contributed by atoms with Crippen LogP contribution in [0, 0.1) is 0 Å². The largest absolute Gasteiger partial charge is 0.508 e. The van der Waals surface area contributed by atoms with E-state index in [0.717, 1.165) is 48.7 Å².